The van der Waals surface area contributed by atoms with E-state index in [0.717, 1.165) is 17.8 Å². The second-order valence-corrected chi connectivity index (χ2v) is 8.81. The second-order valence-electron chi connectivity index (χ2n) is 8.37. The van der Waals surface area contributed by atoms with Gasteiger partial charge in [-0.2, -0.15) is 5.10 Å². The minimum Gasteiger partial charge on any atom is -0.321 e. The Morgan fingerprint density at radius 1 is 0.944 bits per heavy atom. The van der Waals surface area contributed by atoms with E-state index in [1.54, 1.807) is 54.7 Å². The third-order valence-electron chi connectivity index (χ3n) is 6.15. The smallest absolute Gasteiger partial charge is 0.256 e. The normalized spacial score (nSPS) is 11.0. The fourth-order valence-corrected chi connectivity index (χ4v) is 4.44. The Morgan fingerprint density at radius 3 is 2.44 bits per heavy atom. The molecule has 1 amide bonds. The maximum Gasteiger partial charge on any atom is 0.256 e. The van der Waals surface area contributed by atoms with Crippen molar-refractivity contribution in [1.82, 2.24) is 14.8 Å². The minimum atomic E-state index is -0.347. The molecule has 3 aromatic carbocycles. The summed E-state index contributed by atoms with van der Waals surface area (Å²) >= 11 is 6.22. The van der Waals surface area contributed by atoms with E-state index >= 15 is 0 Å². The molecular weight excluding hydrogens is 472 g/mol. The first-order valence-corrected chi connectivity index (χ1v) is 12.0. The molecule has 0 aliphatic rings. The van der Waals surface area contributed by atoms with Gasteiger partial charge in [0.2, 0.25) is 0 Å². The fourth-order valence-electron chi connectivity index (χ4n) is 4.27. The lowest BCUT2D eigenvalue weighted by Crippen LogP contribution is -2.16. The van der Waals surface area contributed by atoms with Crippen molar-refractivity contribution >= 4 is 39.9 Å². The van der Waals surface area contributed by atoms with Crippen molar-refractivity contribution in [2.24, 2.45) is 0 Å². The molecule has 0 aliphatic carbocycles. The molecule has 5 rings (SSSR count). The van der Waals surface area contributed by atoms with Gasteiger partial charge in [-0.15, -0.1) is 0 Å². The highest BCUT2D eigenvalue weighted by Crippen LogP contribution is 2.29. The van der Waals surface area contributed by atoms with Crippen molar-refractivity contribution in [3.63, 3.8) is 0 Å². The van der Waals surface area contributed by atoms with Crippen molar-refractivity contribution in [1.29, 1.82) is 0 Å². The molecule has 36 heavy (non-hydrogen) atoms. The molecular formula is C29H23ClN4O2. The number of nitrogens with zero attached hydrogens (tertiary/aromatic N) is 3. The standard InChI is InChI=1S/C29H23ClN4O2/c1-3-34-18(2)24(17-31-34)27-16-22(21-11-7-8-12-25(21)32-27)29(36)33-26-14-13-20(30)15-23(26)28(35)19-9-5-4-6-10-19/h4-17H,3H2,1-2H3,(H,33,36). The second kappa shape index (κ2) is 9.76. The first kappa shape index (κ1) is 23.5. The Bertz CT molecular complexity index is 1610. The zero-order valence-electron chi connectivity index (χ0n) is 19.8. The van der Waals surface area contributed by atoms with Gasteiger partial charge in [-0.25, -0.2) is 4.98 Å². The molecule has 0 fully saturated rings. The summed E-state index contributed by atoms with van der Waals surface area (Å²) in [5.41, 5.74) is 4.86. The maximum atomic E-state index is 13.7. The van der Waals surface area contributed by atoms with Gasteiger partial charge in [-0.3, -0.25) is 14.3 Å². The number of aromatic nitrogens is 3. The Balaban J connectivity index is 1.58. The number of carbonyl (C=O) groups is 2. The topological polar surface area (TPSA) is 76.9 Å². The van der Waals surface area contributed by atoms with E-state index < -0.39 is 0 Å². The van der Waals surface area contributed by atoms with Gasteiger partial charge in [0.25, 0.3) is 5.91 Å². The number of rotatable bonds is 6. The first-order chi connectivity index (χ1) is 17.5. The van der Waals surface area contributed by atoms with Gasteiger partial charge < -0.3 is 5.32 Å². The number of halogens is 1. The molecule has 6 nitrogen and oxygen atoms in total. The number of carbonyl (C=O) groups excluding carboxylic acids is 2. The number of hydrogen-bond donors (Lipinski definition) is 1. The van der Waals surface area contributed by atoms with Crippen LogP contribution in [0.4, 0.5) is 5.69 Å². The lowest BCUT2D eigenvalue weighted by Gasteiger charge is -2.13. The number of amides is 1. The van der Waals surface area contributed by atoms with E-state index in [9.17, 15) is 9.59 Å². The molecule has 5 aromatic rings. The number of ketones is 1. The minimum absolute atomic E-state index is 0.226. The Morgan fingerprint density at radius 2 is 1.69 bits per heavy atom. The van der Waals surface area contributed by atoms with E-state index in [4.69, 9.17) is 16.6 Å². The van der Waals surface area contributed by atoms with E-state index in [-0.39, 0.29) is 11.7 Å². The van der Waals surface area contributed by atoms with E-state index in [2.05, 4.69) is 10.4 Å². The number of anilines is 1. The van der Waals surface area contributed by atoms with Crippen molar-refractivity contribution < 1.29 is 9.59 Å². The van der Waals surface area contributed by atoms with Crippen LogP contribution in [0, 0.1) is 6.92 Å². The summed E-state index contributed by atoms with van der Waals surface area (Å²) in [5, 5.41) is 8.49. The fraction of sp³-hybridized carbons (Fsp3) is 0.103. The highest BCUT2D eigenvalue weighted by atomic mass is 35.5. The van der Waals surface area contributed by atoms with Crippen LogP contribution in [-0.2, 0) is 6.54 Å². The van der Waals surface area contributed by atoms with Gasteiger partial charge in [-0.1, -0.05) is 60.1 Å². The molecule has 0 atom stereocenters. The lowest BCUT2D eigenvalue weighted by atomic mass is 10.0. The Hall–Kier alpha value is -4.29. The van der Waals surface area contributed by atoms with Gasteiger partial charge in [-0.05, 0) is 44.2 Å². The molecule has 178 valence electrons. The van der Waals surface area contributed by atoms with Crippen LogP contribution in [0.15, 0.2) is 85.1 Å². The average molecular weight is 495 g/mol. The zero-order chi connectivity index (χ0) is 25.2. The molecule has 0 unspecified atom stereocenters. The third-order valence-corrected chi connectivity index (χ3v) is 6.38. The number of nitrogens with one attached hydrogen (secondary N) is 1. The van der Waals surface area contributed by atoms with Crippen molar-refractivity contribution in [2.75, 3.05) is 5.32 Å². The summed E-state index contributed by atoms with van der Waals surface area (Å²) in [6, 6.07) is 23.0. The molecule has 0 saturated carbocycles. The van der Waals surface area contributed by atoms with Gasteiger partial charge >= 0.3 is 0 Å². The molecule has 0 spiro atoms. The number of pyridine rings is 1. The molecule has 2 aromatic heterocycles. The molecule has 0 radical (unpaired) electrons. The summed E-state index contributed by atoms with van der Waals surface area (Å²) in [6.45, 7) is 4.75. The highest BCUT2D eigenvalue weighted by molar-refractivity contribution is 6.31. The molecule has 0 aliphatic heterocycles. The van der Waals surface area contributed by atoms with Crippen LogP contribution in [0.1, 0.15) is 38.9 Å². The highest BCUT2D eigenvalue weighted by Gasteiger charge is 2.20. The van der Waals surface area contributed by atoms with Gasteiger partial charge in [0.15, 0.2) is 5.78 Å². The van der Waals surface area contributed by atoms with E-state index in [1.165, 1.54) is 0 Å². The molecule has 1 N–H and O–H groups in total. The number of benzene rings is 3. The zero-order valence-corrected chi connectivity index (χ0v) is 20.6. The van der Waals surface area contributed by atoms with Crippen LogP contribution >= 0.6 is 11.6 Å². The average Bonchev–Trinajstić information content (AvgIpc) is 3.29. The number of aryl methyl sites for hydroxylation is 1. The van der Waals surface area contributed by atoms with E-state index in [0.29, 0.717) is 44.0 Å². The molecule has 0 bridgehead atoms. The summed E-state index contributed by atoms with van der Waals surface area (Å²) in [6.07, 6.45) is 1.77. The van der Waals surface area contributed by atoms with Crippen molar-refractivity contribution in [2.45, 2.75) is 20.4 Å². The van der Waals surface area contributed by atoms with Crippen molar-refractivity contribution in [3.05, 3.63) is 112 Å². The Kier molecular flexibility index (Phi) is 6.36. The molecule has 7 heteroatoms. The SMILES string of the molecule is CCn1ncc(-c2cc(C(=O)Nc3ccc(Cl)cc3C(=O)c3ccccc3)c3ccccc3n2)c1C. The number of para-hydroxylation sites is 1. The van der Waals surface area contributed by atoms with Crippen LogP contribution < -0.4 is 5.32 Å². The van der Waals surface area contributed by atoms with Crippen molar-refractivity contribution in [3.8, 4) is 11.3 Å². The third kappa shape index (κ3) is 4.39. The monoisotopic (exact) mass is 494 g/mol. The quantitative estimate of drug-likeness (QED) is 0.271. The summed E-state index contributed by atoms with van der Waals surface area (Å²) in [5.74, 6) is -0.573. The van der Waals surface area contributed by atoms with Crippen LogP contribution in [0.5, 0.6) is 0 Å². The van der Waals surface area contributed by atoms with Gasteiger partial charge in [0, 0.05) is 39.3 Å². The summed E-state index contributed by atoms with van der Waals surface area (Å²) in [4.78, 5) is 31.7. The van der Waals surface area contributed by atoms with Crippen LogP contribution in [0.3, 0.4) is 0 Å². The van der Waals surface area contributed by atoms with Gasteiger partial charge in [0.1, 0.15) is 0 Å². The maximum absolute atomic E-state index is 13.7. The predicted octanol–water partition coefficient (Wildman–Crippen LogP) is 6.56. The number of fused-ring (bicyclic) bond motifs is 1. The lowest BCUT2D eigenvalue weighted by molar-refractivity contribution is 0.102. The van der Waals surface area contributed by atoms with Gasteiger partial charge in [0.05, 0.1) is 28.7 Å². The largest absolute Gasteiger partial charge is 0.321 e. The molecule has 0 saturated heterocycles. The van der Waals surface area contributed by atoms with Crippen LogP contribution in [0.2, 0.25) is 5.02 Å². The molecule has 2 heterocycles. The van der Waals surface area contributed by atoms with E-state index in [1.807, 2.05) is 48.9 Å². The summed E-state index contributed by atoms with van der Waals surface area (Å²) in [7, 11) is 0. The van der Waals surface area contributed by atoms with Crippen LogP contribution in [0.25, 0.3) is 22.2 Å². The summed E-state index contributed by atoms with van der Waals surface area (Å²) < 4.78 is 1.89. The number of hydrogen-bond acceptors (Lipinski definition) is 4. The first-order valence-electron chi connectivity index (χ1n) is 11.6. The predicted molar refractivity (Wildman–Crippen MR) is 143 cm³/mol. The Labute approximate surface area is 213 Å². The van der Waals surface area contributed by atoms with Crippen LogP contribution in [-0.4, -0.2) is 26.5 Å².